The maximum Gasteiger partial charge on any atom is 0.361 e. The molecular weight excluding hydrogens is 791 g/mol. The summed E-state index contributed by atoms with van der Waals surface area (Å²) in [5.41, 5.74) is 0. The number of ether oxygens (including phenoxy) is 4. The minimum atomic E-state index is -1.50. The summed E-state index contributed by atoms with van der Waals surface area (Å²) in [6, 6.07) is 0. The Hall–Kier alpha value is -1.71. The first-order valence-corrected chi connectivity index (χ1v) is 27.2. The van der Waals surface area contributed by atoms with Gasteiger partial charge in [0, 0.05) is 12.8 Å². The highest BCUT2D eigenvalue weighted by Gasteiger charge is 2.25. The number of hydrogen-bond donors (Lipinski definition) is 1. The summed E-state index contributed by atoms with van der Waals surface area (Å²) in [5.74, 6) is -1.98. The Morgan fingerprint density at radius 3 is 1.02 bits per heavy atom. The van der Waals surface area contributed by atoms with Gasteiger partial charge in [0.15, 0.2) is 6.10 Å². The van der Waals surface area contributed by atoms with Crippen LogP contribution in [0.2, 0.25) is 0 Å². The van der Waals surface area contributed by atoms with E-state index < -0.39 is 18.4 Å². The number of esters is 2. The second-order valence-corrected chi connectivity index (χ2v) is 19.9. The summed E-state index contributed by atoms with van der Waals surface area (Å²) < 4.78 is 22.9. The van der Waals surface area contributed by atoms with Crippen LogP contribution in [0.3, 0.4) is 0 Å². The first-order chi connectivity index (χ1) is 30.6. The van der Waals surface area contributed by atoms with Crippen LogP contribution in [0, 0.1) is 0 Å². The first-order valence-electron chi connectivity index (χ1n) is 27.2. The molecule has 2 atom stereocenters. The minimum absolute atomic E-state index is 0.173. The molecule has 1 N–H and O–H groups in total. The molecule has 0 saturated heterocycles. The highest BCUT2D eigenvalue weighted by molar-refractivity contribution is 5.71. The van der Waals surface area contributed by atoms with Gasteiger partial charge in [-0.25, -0.2) is 4.79 Å². The summed E-state index contributed by atoms with van der Waals surface area (Å²) in [6.45, 7) is 4.94. The van der Waals surface area contributed by atoms with E-state index in [1.807, 2.05) is 21.1 Å². The molecule has 0 rings (SSSR count). The van der Waals surface area contributed by atoms with Crippen molar-refractivity contribution < 1.29 is 42.9 Å². The van der Waals surface area contributed by atoms with Gasteiger partial charge in [0.25, 0.3) is 6.29 Å². The number of aliphatic carboxylic acids is 1. The number of carboxylic acids is 1. The van der Waals surface area contributed by atoms with Crippen LogP contribution in [-0.4, -0.2) is 87.4 Å². The van der Waals surface area contributed by atoms with E-state index in [-0.39, 0.29) is 38.2 Å². The van der Waals surface area contributed by atoms with Crippen molar-refractivity contribution in [1.82, 2.24) is 0 Å². The monoisotopic (exact) mass is 897 g/mol. The van der Waals surface area contributed by atoms with Crippen LogP contribution in [0.15, 0.2) is 0 Å². The van der Waals surface area contributed by atoms with Gasteiger partial charge in [-0.15, -0.1) is 0 Å². The fourth-order valence-corrected chi connectivity index (χ4v) is 8.13. The van der Waals surface area contributed by atoms with Gasteiger partial charge in [-0.1, -0.05) is 245 Å². The number of carbonyl (C=O) groups excluding carboxylic acids is 2. The Bertz CT molecular complexity index is 1000. The molecule has 0 heterocycles. The molecule has 9 nitrogen and oxygen atoms in total. The van der Waals surface area contributed by atoms with Gasteiger partial charge in [-0.2, -0.15) is 0 Å². The lowest BCUT2D eigenvalue weighted by Gasteiger charge is -2.25. The average molecular weight is 897 g/mol. The molecule has 0 spiro atoms. The zero-order valence-electron chi connectivity index (χ0n) is 42.5. The number of quaternary nitrogens is 1. The van der Waals surface area contributed by atoms with Gasteiger partial charge in [0.1, 0.15) is 13.2 Å². The zero-order valence-corrected chi connectivity index (χ0v) is 42.5. The smallest absolute Gasteiger partial charge is 0.361 e. The molecule has 0 saturated carbocycles. The lowest BCUT2D eigenvalue weighted by atomic mass is 10.0. The summed E-state index contributed by atoms with van der Waals surface area (Å²) >= 11 is 0. The predicted molar refractivity (Wildman–Crippen MR) is 263 cm³/mol. The van der Waals surface area contributed by atoms with Crippen molar-refractivity contribution in [3.63, 3.8) is 0 Å². The van der Waals surface area contributed by atoms with Crippen LogP contribution >= 0.6 is 0 Å². The van der Waals surface area contributed by atoms with Gasteiger partial charge in [-0.05, 0) is 12.8 Å². The normalized spacial score (nSPS) is 12.7. The second kappa shape index (κ2) is 46.8. The molecule has 374 valence electrons. The number of nitrogens with zero attached hydrogens (tertiary/aromatic N) is 1. The number of rotatable bonds is 51. The van der Waals surface area contributed by atoms with Crippen molar-refractivity contribution in [1.29, 1.82) is 0 Å². The van der Waals surface area contributed by atoms with E-state index in [1.54, 1.807) is 0 Å². The molecule has 0 fully saturated rings. The molecule has 0 aromatic heterocycles. The Morgan fingerprint density at radius 1 is 0.413 bits per heavy atom. The summed E-state index contributed by atoms with van der Waals surface area (Å²) in [4.78, 5) is 37.3. The fourth-order valence-electron chi connectivity index (χ4n) is 8.13. The summed E-state index contributed by atoms with van der Waals surface area (Å²) in [6.07, 6.45) is 47.4. The van der Waals surface area contributed by atoms with Crippen LogP contribution in [0.1, 0.15) is 271 Å². The fraction of sp³-hybridized carbons (Fsp3) is 0.944. The maximum absolute atomic E-state index is 12.8. The lowest BCUT2D eigenvalue weighted by molar-refractivity contribution is -0.870. The molecule has 0 aromatic carbocycles. The third kappa shape index (κ3) is 48.1. The molecule has 0 radical (unpaired) electrons. The third-order valence-electron chi connectivity index (χ3n) is 12.4. The lowest BCUT2D eigenvalue weighted by Crippen LogP contribution is -2.40. The van der Waals surface area contributed by atoms with E-state index in [0.29, 0.717) is 17.4 Å². The number of carbonyl (C=O) groups is 3. The first kappa shape index (κ1) is 61.3. The molecule has 0 aliphatic carbocycles. The van der Waals surface area contributed by atoms with Crippen LogP contribution in [0.4, 0.5) is 0 Å². The molecule has 0 amide bonds. The van der Waals surface area contributed by atoms with Crippen molar-refractivity contribution in [2.75, 3.05) is 47.5 Å². The number of hydrogen-bond acceptors (Lipinski definition) is 7. The number of likely N-dealkylation sites (N-methyl/N-ethyl adjacent to an activating group) is 1. The number of unbranched alkanes of at least 4 members (excludes halogenated alkanes) is 36. The van der Waals surface area contributed by atoms with Crippen LogP contribution in [0.25, 0.3) is 0 Å². The molecule has 63 heavy (non-hydrogen) atoms. The Morgan fingerprint density at radius 2 is 0.714 bits per heavy atom. The molecule has 0 aliphatic heterocycles. The Kier molecular flexibility index (Phi) is 45.5. The van der Waals surface area contributed by atoms with Crippen LogP contribution in [0.5, 0.6) is 0 Å². The van der Waals surface area contributed by atoms with E-state index >= 15 is 0 Å². The summed E-state index contributed by atoms with van der Waals surface area (Å²) in [7, 11) is 5.98. The van der Waals surface area contributed by atoms with Crippen molar-refractivity contribution >= 4 is 17.9 Å². The standard InChI is InChI=1S/C54H105NO8/c1-6-8-10-12-14-16-18-20-22-24-25-26-27-28-29-31-33-35-37-39-41-43-45-52(57)63-50(49-62-54(53(58)59)60-47-46-55(3,4)5)48-61-51(56)44-42-40-38-36-34-32-30-23-21-19-17-15-13-11-9-7-2/h50,54H,6-49H2,1-5H3/p+1. The van der Waals surface area contributed by atoms with Gasteiger partial charge < -0.3 is 28.5 Å². The second-order valence-electron chi connectivity index (χ2n) is 19.9. The van der Waals surface area contributed by atoms with Gasteiger partial charge >= 0.3 is 17.9 Å². The summed E-state index contributed by atoms with van der Waals surface area (Å²) in [5, 5.41) is 9.68. The molecule has 0 aromatic rings. The van der Waals surface area contributed by atoms with Gasteiger partial charge in [0.05, 0.1) is 34.4 Å². The molecule has 2 unspecified atom stereocenters. The van der Waals surface area contributed by atoms with Crippen LogP contribution in [-0.2, 0) is 33.3 Å². The maximum atomic E-state index is 12.8. The quantitative estimate of drug-likeness (QED) is 0.0278. The SMILES string of the molecule is CCCCCCCCCCCCCCCCCCCCCCCCC(=O)OC(COC(=O)CCCCCCCCCCCCCCCCCC)COC(OCC[N+](C)(C)C)C(=O)O. The largest absolute Gasteiger partial charge is 0.477 e. The van der Waals surface area contributed by atoms with E-state index in [1.165, 1.54) is 205 Å². The molecule has 0 bridgehead atoms. The molecule has 0 aliphatic rings. The van der Waals surface area contributed by atoms with E-state index in [4.69, 9.17) is 18.9 Å². The minimum Gasteiger partial charge on any atom is -0.477 e. The van der Waals surface area contributed by atoms with Crippen molar-refractivity contribution in [2.45, 2.75) is 283 Å². The molecular formula is C54H106NO8+. The zero-order chi connectivity index (χ0) is 46.3. The third-order valence-corrected chi connectivity index (χ3v) is 12.4. The van der Waals surface area contributed by atoms with Crippen molar-refractivity contribution in [2.24, 2.45) is 0 Å². The topological polar surface area (TPSA) is 108 Å². The van der Waals surface area contributed by atoms with Gasteiger partial charge in [0.2, 0.25) is 0 Å². The number of carboxylic acid groups (broad SMARTS) is 1. The van der Waals surface area contributed by atoms with E-state index in [9.17, 15) is 19.5 Å². The average Bonchev–Trinajstić information content (AvgIpc) is 3.24. The predicted octanol–water partition coefficient (Wildman–Crippen LogP) is 15.2. The van der Waals surface area contributed by atoms with Gasteiger partial charge in [-0.3, -0.25) is 9.59 Å². The Balaban J connectivity index is 4.23. The highest BCUT2D eigenvalue weighted by atomic mass is 16.7. The van der Waals surface area contributed by atoms with E-state index in [0.717, 1.165) is 38.5 Å². The van der Waals surface area contributed by atoms with Crippen molar-refractivity contribution in [3.8, 4) is 0 Å². The van der Waals surface area contributed by atoms with Crippen LogP contribution < -0.4 is 0 Å². The highest BCUT2D eigenvalue weighted by Crippen LogP contribution is 2.17. The van der Waals surface area contributed by atoms with Crippen molar-refractivity contribution in [3.05, 3.63) is 0 Å². The molecule has 9 heteroatoms. The van der Waals surface area contributed by atoms with E-state index in [2.05, 4.69) is 13.8 Å². The Labute approximate surface area is 390 Å².